The predicted octanol–water partition coefficient (Wildman–Crippen LogP) is 2.41. The molecule has 0 unspecified atom stereocenters. The lowest BCUT2D eigenvalue weighted by atomic mass is 10.1. The maximum atomic E-state index is 12.0. The number of amides is 2. The number of carbonyl (C=O) groups excluding carboxylic acids is 2. The first kappa shape index (κ1) is 17.1. The highest BCUT2D eigenvalue weighted by atomic mass is 35.5. The van der Waals surface area contributed by atoms with E-state index in [4.69, 9.17) is 21.1 Å². The third-order valence-electron chi connectivity index (χ3n) is 3.56. The number of rotatable bonds is 5. The lowest BCUT2D eigenvalue weighted by Gasteiger charge is -2.20. The van der Waals surface area contributed by atoms with Gasteiger partial charge in [-0.15, -0.1) is 0 Å². The third kappa shape index (κ3) is 4.64. The molecular weight excluding hydrogens is 344 g/mol. The van der Waals surface area contributed by atoms with Crippen molar-refractivity contribution in [1.29, 1.82) is 0 Å². The fourth-order valence-corrected chi connectivity index (χ4v) is 2.58. The zero-order valence-electron chi connectivity index (χ0n) is 13.4. The van der Waals surface area contributed by atoms with Crippen LogP contribution in [0.5, 0.6) is 11.5 Å². The molecule has 6 nitrogen and oxygen atoms in total. The van der Waals surface area contributed by atoms with Gasteiger partial charge >= 0.3 is 0 Å². The van der Waals surface area contributed by atoms with Gasteiger partial charge in [0, 0.05) is 12.1 Å². The first-order valence-corrected chi connectivity index (χ1v) is 8.19. The van der Waals surface area contributed by atoms with Gasteiger partial charge in [0.2, 0.25) is 11.8 Å². The van der Waals surface area contributed by atoms with Crippen molar-refractivity contribution < 1.29 is 19.1 Å². The van der Waals surface area contributed by atoms with Crippen molar-refractivity contribution >= 4 is 29.1 Å². The number of carbonyl (C=O) groups is 2. The van der Waals surface area contributed by atoms with Gasteiger partial charge in [0.05, 0.1) is 23.7 Å². The molecule has 2 aromatic carbocycles. The van der Waals surface area contributed by atoms with E-state index in [0.717, 1.165) is 5.56 Å². The lowest BCUT2D eigenvalue weighted by molar-refractivity contribution is -0.123. The summed E-state index contributed by atoms with van der Waals surface area (Å²) in [5.41, 5.74) is 1.29. The normalized spacial score (nSPS) is 12.4. The molecule has 0 bridgehead atoms. The summed E-state index contributed by atoms with van der Waals surface area (Å²) in [5.74, 6) is 0.471. The fourth-order valence-electron chi connectivity index (χ4n) is 2.38. The van der Waals surface area contributed by atoms with E-state index in [1.54, 1.807) is 12.1 Å². The number of anilines is 1. The maximum absolute atomic E-state index is 12.0. The van der Waals surface area contributed by atoms with E-state index in [0.29, 0.717) is 35.4 Å². The minimum atomic E-state index is -0.375. The Morgan fingerprint density at radius 2 is 1.68 bits per heavy atom. The average molecular weight is 361 g/mol. The minimum Gasteiger partial charge on any atom is -0.486 e. The van der Waals surface area contributed by atoms with Crippen LogP contribution in [-0.4, -0.2) is 31.6 Å². The molecule has 0 saturated carbocycles. The van der Waals surface area contributed by atoms with Crippen LogP contribution in [0.1, 0.15) is 5.56 Å². The molecule has 130 valence electrons. The highest BCUT2D eigenvalue weighted by molar-refractivity contribution is 6.34. The Balaban J connectivity index is 1.53. The van der Waals surface area contributed by atoms with Gasteiger partial charge in [-0.3, -0.25) is 9.59 Å². The van der Waals surface area contributed by atoms with E-state index in [2.05, 4.69) is 10.6 Å². The fraction of sp³-hybridized carbons (Fsp3) is 0.222. The van der Waals surface area contributed by atoms with E-state index in [1.807, 2.05) is 30.3 Å². The summed E-state index contributed by atoms with van der Waals surface area (Å²) in [7, 11) is 0. The highest BCUT2D eigenvalue weighted by Gasteiger charge is 2.16. The van der Waals surface area contributed by atoms with E-state index in [1.165, 1.54) is 0 Å². The van der Waals surface area contributed by atoms with E-state index < -0.39 is 0 Å². The smallest absolute Gasteiger partial charge is 0.243 e. The molecule has 1 aliphatic heterocycles. The van der Waals surface area contributed by atoms with Crippen molar-refractivity contribution in [2.45, 2.75) is 6.42 Å². The quantitative estimate of drug-likeness (QED) is 0.858. The Labute approximate surface area is 150 Å². The van der Waals surface area contributed by atoms with Crippen LogP contribution in [-0.2, 0) is 16.0 Å². The molecule has 25 heavy (non-hydrogen) atoms. The Bertz CT molecular complexity index is 780. The van der Waals surface area contributed by atoms with Crippen molar-refractivity contribution in [3.8, 4) is 11.5 Å². The van der Waals surface area contributed by atoms with Crippen LogP contribution >= 0.6 is 11.6 Å². The number of halogens is 1. The summed E-state index contributed by atoms with van der Waals surface area (Å²) < 4.78 is 10.9. The number of ether oxygens (including phenoxy) is 2. The number of hydrogen-bond acceptors (Lipinski definition) is 4. The van der Waals surface area contributed by atoms with Crippen molar-refractivity contribution in [3.05, 3.63) is 53.1 Å². The average Bonchev–Trinajstić information content (AvgIpc) is 2.61. The van der Waals surface area contributed by atoms with Crippen LogP contribution in [0.2, 0.25) is 5.02 Å². The van der Waals surface area contributed by atoms with Crippen LogP contribution in [0.3, 0.4) is 0 Å². The summed E-state index contributed by atoms with van der Waals surface area (Å²) in [6.07, 6.45) is 0.221. The molecule has 0 fully saturated rings. The predicted molar refractivity (Wildman–Crippen MR) is 94.2 cm³/mol. The molecule has 1 heterocycles. The zero-order valence-corrected chi connectivity index (χ0v) is 14.1. The monoisotopic (exact) mass is 360 g/mol. The van der Waals surface area contributed by atoms with Crippen LogP contribution < -0.4 is 20.1 Å². The van der Waals surface area contributed by atoms with Gasteiger partial charge in [-0.25, -0.2) is 0 Å². The summed E-state index contributed by atoms with van der Waals surface area (Å²) in [4.78, 5) is 23.9. The van der Waals surface area contributed by atoms with Gasteiger partial charge in [-0.2, -0.15) is 0 Å². The van der Waals surface area contributed by atoms with Crippen molar-refractivity contribution in [2.24, 2.45) is 0 Å². The van der Waals surface area contributed by atoms with Crippen LogP contribution in [0, 0.1) is 0 Å². The van der Waals surface area contributed by atoms with Gasteiger partial charge in [-0.05, 0) is 5.56 Å². The van der Waals surface area contributed by atoms with Gasteiger partial charge in [-0.1, -0.05) is 41.9 Å². The Morgan fingerprint density at radius 1 is 1.00 bits per heavy atom. The molecule has 0 atom stereocenters. The van der Waals surface area contributed by atoms with Crippen LogP contribution in [0.25, 0.3) is 0 Å². The lowest BCUT2D eigenvalue weighted by Crippen LogP contribution is -2.33. The first-order chi connectivity index (χ1) is 12.1. The molecule has 0 saturated heterocycles. The topological polar surface area (TPSA) is 76.7 Å². The summed E-state index contributed by atoms with van der Waals surface area (Å²) in [5, 5.41) is 5.58. The second-order valence-corrected chi connectivity index (χ2v) is 5.87. The Kier molecular flexibility index (Phi) is 5.40. The molecule has 3 rings (SSSR count). The summed E-state index contributed by atoms with van der Waals surface area (Å²) in [6.45, 7) is 0.760. The molecule has 0 spiro atoms. The molecule has 2 aromatic rings. The van der Waals surface area contributed by atoms with E-state index >= 15 is 0 Å². The van der Waals surface area contributed by atoms with E-state index in [-0.39, 0.29) is 24.8 Å². The highest BCUT2D eigenvalue weighted by Crippen LogP contribution is 2.37. The van der Waals surface area contributed by atoms with Crippen molar-refractivity contribution in [3.63, 3.8) is 0 Å². The van der Waals surface area contributed by atoms with Gasteiger partial charge in [0.1, 0.15) is 13.2 Å². The molecule has 2 N–H and O–H groups in total. The number of hydrogen-bond donors (Lipinski definition) is 2. The minimum absolute atomic E-state index is 0.142. The second-order valence-electron chi connectivity index (χ2n) is 5.46. The molecule has 0 aliphatic carbocycles. The number of benzene rings is 2. The largest absolute Gasteiger partial charge is 0.486 e. The van der Waals surface area contributed by atoms with Crippen LogP contribution in [0.15, 0.2) is 42.5 Å². The van der Waals surface area contributed by atoms with Gasteiger partial charge in [0.15, 0.2) is 11.5 Å². The van der Waals surface area contributed by atoms with E-state index in [9.17, 15) is 9.59 Å². The van der Waals surface area contributed by atoms with Crippen molar-refractivity contribution in [2.75, 3.05) is 25.1 Å². The Hall–Kier alpha value is -2.73. The summed E-state index contributed by atoms with van der Waals surface area (Å²) >= 11 is 6.14. The second kappa shape index (κ2) is 7.90. The SMILES string of the molecule is O=C(Cc1ccccc1)NCC(=O)Nc1cc2c(cc1Cl)OCCO2. The third-order valence-corrected chi connectivity index (χ3v) is 3.87. The summed E-state index contributed by atoms with van der Waals surface area (Å²) in [6, 6.07) is 12.5. The van der Waals surface area contributed by atoms with Gasteiger partial charge in [0.25, 0.3) is 0 Å². The van der Waals surface area contributed by atoms with Crippen molar-refractivity contribution in [1.82, 2.24) is 5.32 Å². The zero-order chi connectivity index (χ0) is 17.6. The molecule has 1 aliphatic rings. The molecular formula is C18H17ClN2O4. The Morgan fingerprint density at radius 3 is 2.40 bits per heavy atom. The molecule has 2 amide bonds. The molecule has 0 radical (unpaired) electrons. The van der Waals surface area contributed by atoms with Gasteiger partial charge < -0.3 is 20.1 Å². The molecule has 0 aromatic heterocycles. The molecule has 7 heteroatoms. The first-order valence-electron chi connectivity index (χ1n) is 7.81. The standard InChI is InChI=1S/C18H17ClN2O4/c19-13-9-15-16(25-7-6-24-15)10-14(13)21-18(23)11-20-17(22)8-12-4-2-1-3-5-12/h1-5,9-10H,6-8,11H2,(H,20,22)(H,21,23). The number of nitrogens with one attached hydrogen (secondary N) is 2. The van der Waals surface area contributed by atoms with Crippen LogP contribution in [0.4, 0.5) is 5.69 Å². The maximum Gasteiger partial charge on any atom is 0.243 e. The number of fused-ring (bicyclic) bond motifs is 1.